The van der Waals surface area contributed by atoms with Crippen LogP contribution in [0, 0.1) is 5.92 Å². The molecule has 0 saturated carbocycles. The number of hydrogen-bond donors (Lipinski definition) is 2. The van der Waals surface area contributed by atoms with Gasteiger partial charge < -0.3 is 9.47 Å². The summed E-state index contributed by atoms with van der Waals surface area (Å²) in [5.74, 6) is 7.20. The summed E-state index contributed by atoms with van der Waals surface area (Å²) in [4.78, 5) is 0. The van der Waals surface area contributed by atoms with Crippen molar-refractivity contribution in [1.82, 2.24) is 5.43 Å². The SMILES string of the molecule is COc1ccc(Br)cc1CC(CC1CCOC1)NN. The Morgan fingerprint density at radius 3 is 3.05 bits per heavy atom. The molecule has 0 spiro atoms. The number of nitrogens with one attached hydrogen (secondary N) is 1. The van der Waals surface area contributed by atoms with E-state index in [2.05, 4.69) is 27.4 Å². The predicted molar refractivity (Wildman–Crippen MR) is 79.1 cm³/mol. The van der Waals surface area contributed by atoms with Crippen LogP contribution in [0.15, 0.2) is 22.7 Å². The quantitative estimate of drug-likeness (QED) is 0.621. The summed E-state index contributed by atoms with van der Waals surface area (Å²) in [6, 6.07) is 6.30. The van der Waals surface area contributed by atoms with E-state index in [9.17, 15) is 0 Å². The second-order valence-corrected chi connectivity index (χ2v) is 5.90. The monoisotopic (exact) mass is 328 g/mol. The van der Waals surface area contributed by atoms with Crippen LogP contribution in [0.5, 0.6) is 5.75 Å². The van der Waals surface area contributed by atoms with Crippen molar-refractivity contribution in [2.45, 2.75) is 25.3 Å². The minimum absolute atomic E-state index is 0.245. The van der Waals surface area contributed by atoms with Crippen LogP contribution in [-0.2, 0) is 11.2 Å². The van der Waals surface area contributed by atoms with Gasteiger partial charge in [0.05, 0.1) is 7.11 Å². The molecule has 3 N–H and O–H groups in total. The first-order chi connectivity index (χ1) is 9.22. The second-order valence-electron chi connectivity index (χ2n) is 4.99. The molecule has 1 saturated heterocycles. The van der Waals surface area contributed by atoms with Gasteiger partial charge in [0, 0.05) is 23.7 Å². The zero-order chi connectivity index (χ0) is 13.7. The largest absolute Gasteiger partial charge is 0.496 e. The molecule has 2 atom stereocenters. The third kappa shape index (κ3) is 4.18. The van der Waals surface area contributed by atoms with Crippen molar-refractivity contribution in [1.29, 1.82) is 0 Å². The normalized spacial score (nSPS) is 20.5. The number of rotatable bonds is 6. The van der Waals surface area contributed by atoms with Crippen molar-refractivity contribution in [3.63, 3.8) is 0 Å². The molecule has 0 bridgehead atoms. The summed E-state index contributed by atoms with van der Waals surface area (Å²) in [7, 11) is 1.70. The first kappa shape index (κ1) is 14.8. The Morgan fingerprint density at radius 1 is 1.58 bits per heavy atom. The van der Waals surface area contributed by atoms with Crippen LogP contribution in [0.25, 0.3) is 0 Å². The van der Waals surface area contributed by atoms with E-state index in [0.717, 1.165) is 42.7 Å². The van der Waals surface area contributed by atoms with Crippen molar-refractivity contribution in [3.05, 3.63) is 28.2 Å². The van der Waals surface area contributed by atoms with Crippen LogP contribution in [-0.4, -0.2) is 26.4 Å². The van der Waals surface area contributed by atoms with E-state index in [1.807, 2.05) is 12.1 Å². The average molecular weight is 329 g/mol. The molecule has 106 valence electrons. The van der Waals surface area contributed by atoms with E-state index in [1.165, 1.54) is 5.56 Å². The molecule has 5 heteroatoms. The van der Waals surface area contributed by atoms with Gasteiger partial charge >= 0.3 is 0 Å². The minimum atomic E-state index is 0.245. The lowest BCUT2D eigenvalue weighted by molar-refractivity contribution is 0.181. The maximum atomic E-state index is 5.68. The summed E-state index contributed by atoms with van der Waals surface area (Å²) in [5, 5.41) is 0. The minimum Gasteiger partial charge on any atom is -0.496 e. The maximum Gasteiger partial charge on any atom is 0.122 e. The lowest BCUT2D eigenvalue weighted by atomic mass is 9.94. The Bertz CT molecular complexity index is 408. The Hall–Kier alpha value is -0.620. The predicted octanol–water partition coefficient (Wildman–Crippen LogP) is 2.26. The van der Waals surface area contributed by atoms with Gasteiger partial charge in [-0.25, -0.2) is 0 Å². The first-order valence-corrected chi connectivity index (χ1v) is 7.38. The standard InChI is InChI=1S/C14H21BrN2O2/c1-18-14-3-2-12(15)7-11(14)8-13(17-16)6-10-4-5-19-9-10/h2-3,7,10,13,17H,4-6,8-9,16H2,1H3. The summed E-state index contributed by atoms with van der Waals surface area (Å²) in [5.41, 5.74) is 4.09. The smallest absolute Gasteiger partial charge is 0.122 e. The summed E-state index contributed by atoms with van der Waals surface area (Å²) in [6.45, 7) is 1.73. The van der Waals surface area contributed by atoms with E-state index >= 15 is 0 Å². The number of ether oxygens (including phenoxy) is 2. The molecule has 4 nitrogen and oxygen atoms in total. The zero-order valence-electron chi connectivity index (χ0n) is 11.2. The van der Waals surface area contributed by atoms with Gasteiger partial charge in [0.1, 0.15) is 5.75 Å². The third-order valence-corrected chi connectivity index (χ3v) is 4.08. The molecule has 1 heterocycles. The van der Waals surface area contributed by atoms with Crippen molar-refractivity contribution in [2.75, 3.05) is 20.3 Å². The van der Waals surface area contributed by atoms with Gasteiger partial charge in [0.15, 0.2) is 0 Å². The second kappa shape index (κ2) is 7.24. The lowest BCUT2D eigenvalue weighted by Crippen LogP contribution is -2.38. The van der Waals surface area contributed by atoms with Crippen LogP contribution in [0.2, 0.25) is 0 Å². The van der Waals surface area contributed by atoms with Crippen molar-refractivity contribution in [2.24, 2.45) is 11.8 Å². The highest BCUT2D eigenvalue weighted by atomic mass is 79.9. The number of hydrazine groups is 1. The summed E-state index contributed by atoms with van der Waals surface area (Å²) in [6.07, 6.45) is 3.02. The van der Waals surface area contributed by atoms with Crippen molar-refractivity contribution in [3.8, 4) is 5.75 Å². The molecule has 0 aromatic heterocycles. The van der Waals surface area contributed by atoms with Gasteiger partial charge in [0.2, 0.25) is 0 Å². The van der Waals surface area contributed by atoms with Crippen LogP contribution in [0.3, 0.4) is 0 Å². The summed E-state index contributed by atoms with van der Waals surface area (Å²) < 4.78 is 11.9. The van der Waals surface area contributed by atoms with Gasteiger partial charge in [-0.1, -0.05) is 15.9 Å². The molecule has 1 aliphatic rings. The Kier molecular flexibility index (Phi) is 5.63. The van der Waals surface area contributed by atoms with Gasteiger partial charge in [-0.2, -0.15) is 0 Å². The van der Waals surface area contributed by atoms with Gasteiger partial charge in [-0.05, 0) is 48.9 Å². The molecule has 1 aliphatic heterocycles. The number of hydrogen-bond acceptors (Lipinski definition) is 4. The van der Waals surface area contributed by atoms with Crippen LogP contribution >= 0.6 is 15.9 Å². The highest BCUT2D eigenvalue weighted by molar-refractivity contribution is 9.10. The molecular formula is C14H21BrN2O2. The Morgan fingerprint density at radius 2 is 2.42 bits per heavy atom. The topological polar surface area (TPSA) is 56.5 Å². The maximum absolute atomic E-state index is 5.68. The summed E-state index contributed by atoms with van der Waals surface area (Å²) >= 11 is 3.50. The number of halogens is 1. The zero-order valence-corrected chi connectivity index (χ0v) is 12.8. The Balaban J connectivity index is 2.02. The molecule has 0 aliphatic carbocycles. The van der Waals surface area contributed by atoms with Gasteiger partial charge in [-0.3, -0.25) is 11.3 Å². The third-order valence-electron chi connectivity index (χ3n) is 3.59. The van der Waals surface area contributed by atoms with Gasteiger partial charge in [0.25, 0.3) is 0 Å². The highest BCUT2D eigenvalue weighted by Gasteiger charge is 2.21. The number of methoxy groups -OCH3 is 1. The van der Waals surface area contributed by atoms with E-state index in [0.29, 0.717) is 5.92 Å². The van der Waals surface area contributed by atoms with Crippen molar-refractivity contribution >= 4 is 15.9 Å². The molecule has 1 fully saturated rings. The molecule has 0 radical (unpaired) electrons. The van der Waals surface area contributed by atoms with E-state index in [1.54, 1.807) is 7.11 Å². The molecule has 2 rings (SSSR count). The first-order valence-electron chi connectivity index (χ1n) is 6.59. The molecular weight excluding hydrogens is 308 g/mol. The molecule has 0 amide bonds. The fraction of sp³-hybridized carbons (Fsp3) is 0.571. The van der Waals surface area contributed by atoms with E-state index < -0.39 is 0 Å². The number of nitrogens with two attached hydrogens (primary N) is 1. The van der Waals surface area contributed by atoms with E-state index in [-0.39, 0.29) is 6.04 Å². The van der Waals surface area contributed by atoms with Gasteiger partial charge in [-0.15, -0.1) is 0 Å². The Labute approximate surface area is 122 Å². The molecule has 1 aromatic rings. The average Bonchev–Trinajstić information content (AvgIpc) is 2.91. The van der Waals surface area contributed by atoms with Crippen LogP contribution in [0.1, 0.15) is 18.4 Å². The molecule has 19 heavy (non-hydrogen) atoms. The van der Waals surface area contributed by atoms with Crippen LogP contribution in [0.4, 0.5) is 0 Å². The fourth-order valence-corrected chi connectivity index (χ4v) is 2.96. The molecule has 1 aromatic carbocycles. The van der Waals surface area contributed by atoms with Crippen LogP contribution < -0.4 is 16.0 Å². The van der Waals surface area contributed by atoms with E-state index in [4.69, 9.17) is 15.3 Å². The number of benzene rings is 1. The lowest BCUT2D eigenvalue weighted by Gasteiger charge is -2.20. The molecule has 2 unspecified atom stereocenters. The fourth-order valence-electron chi connectivity index (χ4n) is 2.55. The van der Waals surface area contributed by atoms with Crippen molar-refractivity contribution < 1.29 is 9.47 Å². The highest BCUT2D eigenvalue weighted by Crippen LogP contribution is 2.26.